The lowest BCUT2D eigenvalue weighted by Crippen LogP contribution is -2.49. The van der Waals surface area contributed by atoms with Crippen molar-refractivity contribution in [2.45, 2.75) is 39.8 Å². The molecule has 148 valence electrons. The largest absolute Gasteiger partial charge is 0.436 e. The van der Waals surface area contributed by atoms with Gasteiger partial charge in [-0.1, -0.05) is 30.3 Å². The Bertz CT molecular complexity index is 1180. The summed E-state index contributed by atoms with van der Waals surface area (Å²) in [6.07, 6.45) is 4.38. The van der Waals surface area contributed by atoms with Crippen LogP contribution in [0.2, 0.25) is 0 Å². The molecule has 2 aromatic heterocycles. The summed E-state index contributed by atoms with van der Waals surface area (Å²) in [7, 11) is 0. The van der Waals surface area contributed by atoms with E-state index in [1.165, 1.54) is 28.9 Å². The number of nitrogens with zero attached hydrogens (tertiary/aromatic N) is 3. The first kappa shape index (κ1) is 18.0. The molecule has 1 atom stereocenters. The Morgan fingerprint density at radius 1 is 1.10 bits per heavy atom. The Labute approximate surface area is 171 Å². The second kappa shape index (κ2) is 7.11. The molecule has 0 unspecified atom stereocenters. The Hall–Kier alpha value is -3.01. The van der Waals surface area contributed by atoms with Crippen LogP contribution < -0.4 is 9.80 Å². The molecule has 0 saturated carbocycles. The maximum Gasteiger partial charge on any atom is 0.227 e. The number of hydrogen-bond acceptors (Lipinski definition) is 4. The van der Waals surface area contributed by atoms with Crippen LogP contribution in [0.25, 0.3) is 22.1 Å². The fraction of sp³-hybridized carbons (Fsp3) is 0.320. The number of anilines is 2. The van der Waals surface area contributed by atoms with Crippen molar-refractivity contribution in [3.63, 3.8) is 0 Å². The number of pyridine rings is 1. The molecule has 0 saturated heterocycles. The predicted octanol–water partition coefficient (Wildman–Crippen LogP) is 5.91. The molecule has 1 aliphatic rings. The second-order valence-electron chi connectivity index (χ2n) is 7.91. The highest BCUT2D eigenvalue weighted by atomic mass is 16.3. The smallest absolute Gasteiger partial charge is 0.227 e. The highest BCUT2D eigenvalue weighted by molar-refractivity contribution is 6.08. The van der Waals surface area contributed by atoms with E-state index >= 15 is 0 Å². The molecule has 1 aliphatic heterocycles. The summed E-state index contributed by atoms with van der Waals surface area (Å²) in [5.74, 6) is 0. The molecule has 4 aromatic rings. The highest BCUT2D eigenvalue weighted by Crippen LogP contribution is 2.39. The number of aryl methyl sites for hydroxylation is 2. The predicted molar refractivity (Wildman–Crippen MR) is 121 cm³/mol. The van der Waals surface area contributed by atoms with Crippen LogP contribution in [0.4, 0.5) is 11.4 Å². The number of rotatable bonds is 4. The van der Waals surface area contributed by atoms with Crippen LogP contribution >= 0.6 is 0 Å². The Morgan fingerprint density at radius 2 is 1.97 bits per heavy atom. The van der Waals surface area contributed by atoms with E-state index in [1.54, 1.807) is 6.20 Å². The van der Waals surface area contributed by atoms with Crippen LogP contribution in [0.3, 0.4) is 0 Å². The molecule has 0 aliphatic carbocycles. The van der Waals surface area contributed by atoms with E-state index < -0.39 is 0 Å². The van der Waals surface area contributed by atoms with Crippen molar-refractivity contribution in [3.05, 3.63) is 65.9 Å². The topological polar surface area (TPSA) is 32.5 Å². The minimum Gasteiger partial charge on any atom is -0.436 e. The third kappa shape index (κ3) is 2.86. The minimum atomic E-state index is 0.229. The molecule has 4 heteroatoms. The summed E-state index contributed by atoms with van der Waals surface area (Å²) in [6.45, 7) is 8.70. The summed E-state index contributed by atoms with van der Waals surface area (Å²) < 4.78 is 6.28. The van der Waals surface area contributed by atoms with Crippen LogP contribution in [0.5, 0.6) is 0 Å². The molecule has 0 spiro atoms. The molecule has 2 aromatic carbocycles. The van der Waals surface area contributed by atoms with E-state index in [0.717, 1.165) is 35.9 Å². The number of fused-ring (bicyclic) bond motifs is 4. The van der Waals surface area contributed by atoms with Crippen LogP contribution in [0.15, 0.2) is 59.1 Å². The fourth-order valence-electron chi connectivity index (χ4n) is 4.84. The van der Waals surface area contributed by atoms with Crippen molar-refractivity contribution < 1.29 is 4.42 Å². The third-order valence-electron chi connectivity index (χ3n) is 6.27. The van der Waals surface area contributed by atoms with Crippen molar-refractivity contribution in [2.75, 3.05) is 22.9 Å². The molecule has 29 heavy (non-hydrogen) atoms. The van der Waals surface area contributed by atoms with Gasteiger partial charge < -0.3 is 14.2 Å². The Kier molecular flexibility index (Phi) is 4.42. The molecular weight excluding hydrogens is 358 g/mol. The molecule has 0 amide bonds. The minimum absolute atomic E-state index is 0.229. The van der Waals surface area contributed by atoms with Gasteiger partial charge in [0, 0.05) is 35.7 Å². The van der Waals surface area contributed by atoms with E-state index in [-0.39, 0.29) is 6.17 Å². The van der Waals surface area contributed by atoms with Crippen molar-refractivity contribution in [1.82, 2.24) is 4.98 Å². The maximum absolute atomic E-state index is 6.28. The molecule has 3 heterocycles. The average Bonchev–Trinajstić information content (AvgIpc) is 3.13. The number of aromatic nitrogens is 1. The van der Waals surface area contributed by atoms with Crippen molar-refractivity contribution in [3.8, 4) is 0 Å². The van der Waals surface area contributed by atoms with Gasteiger partial charge in [-0.05, 0) is 62.9 Å². The fourth-order valence-corrected chi connectivity index (χ4v) is 4.84. The van der Waals surface area contributed by atoms with Crippen molar-refractivity contribution >= 4 is 33.4 Å². The Balaban J connectivity index is 1.64. The average molecular weight is 386 g/mol. The first-order valence-corrected chi connectivity index (χ1v) is 10.6. The van der Waals surface area contributed by atoms with Gasteiger partial charge in [0.1, 0.15) is 0 Å². The SMILES string of the molecule is CCN(c1c(C)ccc2c1oc1ncccc12)[C@@H](C)N1CCCc2ccccc21. The van der Waals surface area contributed by atoms with Gasteiger partial charge in [-0.25, -0.2) is 4.98 Å². The zero-order valence-electron chi connectivity index (χ0n) is 17.4. The summed E-state index contributed by atoms with van der Waals surface area (Å²) in [5.41, 5.74) is 6.87. The second-order valence-corrected chi connectivity index (χ2v) is 7.91. The van der Waals surface area contributed by atoms with E-state index in [1.807, 2.05) is 6.07 Å². The molecule has 5 rings (SSSR count). The quantitative estimate of drug-likeness (QED) is 0.437. The van der Waals surface area contributed by atoms with Gasteiger partial charge in [0.2, 0.25) is 5.71 Å². The number of furan rings is 1. The Morgan fingerprint density at radius 3 is 2.83 bits per heavy atom. The van der Waals surface area contributed by atoms with Gasteiger partial charge in [0.25, 0.3) is 0 Å². The van der Waals surface area contributed by atoms with Crippen molar-refractivity contribution in [1.29, 1.82) is 0 Å². The highest BCUT2D eigenvalue weighted by Gasteiger charge is 2.28. The van der Waals surface area contributed by atoms with E-state index in [0.29, 0.717) is 5.71 Å². The lowest BCUT2D eigenvalue weighted by Gasteiger charge is -2.43. The zero-order chi connectivity index (χ0) is 20.0. The number of hydrogen-bond donors (Lipinski definition) is 0. The first-order valence-electron chi connectivity index (χ1n) is 10.6. The van der Waals surface area contributed by atoms with Gasteiger partial charge in [-0.3, -0.25) is 0 Å². The monoisotopic (exact) mass is 385 g/mol. The van der Waals surface area contributed by atoms with Gasteiger partial charge in [-0.15, -0.1) is 0 Å². The van der Waals surface area contributed by atoms with Crippen LogP contribution in [0, 0.1) is 6.92 Å². The third-order valence-corrected chi connectivity index (χ3v) is 6.27. The standard InChI is InChI=1S/C25H27N3O/c1-4-27(18(3)28-16-8-10-19-9-5-6-12-22(19)28)23-17(2)13-14-20-21-11-7-15-26-25(21)29-24(20)23/h5-7,9,11-15,18H,4,8,10,16H2,1-3H3/t18-/m1/s1. The molecule has 0 fully saturated rings. The summed E-state index contributed by atoms with van der Waals surface area (Å²) in [5, 5.41) is 2.22. The molecule has 0 bridgehead atoms. The molecular formula is C25H27N3O. The number of para-hydroxylation sites is 1. The van der Waals surface area contributed by atoms with E-state index in [9.17, 15) is 0 Å². The molecule has 0 N–H and O–H groups in total. The van der Waals surface area contributed by atoms with Gasteiger partial charge in [0.15, 0.2) is 5.58 Å². The summed E-state index contributed by atoms with van der Waals surface area (Å²) >= 11 is 0. The van der Waals surface area contributed by atoms with Crippen LogP contribution in [0.1, 0.15) is 31.4 Å². The lowest BCUT2D eigenvalue weighted by molar-refractivity contribution is 0.562. The van der Waals surface area contributed by atoms with Crippen molar-refractivity contribution in [2.24, 2.45) is 0 Å². The maximum atomic E-state index is 6.28. The first-order chi connectivity index (χ1) is 14.2. The van der Waals surface area contributed by atoms with Gasteiger partial charge in [-0.2, -0.15) is 0 Å². The molecule has 4 nitrogen and oxygen atoms in total. The normalized spacial score (nSPS) is 14.9. The van der Waals surface area contributed by atoms with E-state index in [4.69, 9.17) is 4.42 Å². The van der Waals surface area contributed by atoms with Gasteiger partial charge in [0.05, 0.1) is 11.9 Å². The summed E-state index contributed by atoms with van der Waals surface area (Å²) in [4.78, 5) is 9.46. The lowest BCUT2D eigenvalue weighted by atomic mass is 10.0. The van der Waals surface area contributed by atoms with Crippen LogP contribution in [-0.2, 0) is 6.42 Å². The zero-order valence-corrected chi connectivity index (χ0v) is 17.4. The molecule has 0 radical (unpaired) electrons. The van der Waals surface area contributed by atoms with Crippen LogP contribution in [-0.4, -0.2) is 24.2 Å². The van der Waals surface area contributed by atoms with E-state index in [2.05, 4.69) is 78.0 Å². The van der Waals surface area contributed by atoms with Gasteiger partial charge >= 0.3 is 0 Å². The summed E-state index contributed by atoms with van der Waals surface area (Å²) in [6, 6.07) is 17.3. The number of benzene rings is 2.